The Morgan fingerprint density at radius 3 is 2.17 bits per heavy atom. The summed E-state index contributed by atoms with van der Waals surface area (Å²) in [6.07, 6.45) is 6.98. The molecule has 0 unspecified atom stereocenters. The number of rotatable bonds is 2. The average Bonchev–Trinajstić information content (AvgIpc) is 3.04. The Balaban J connectivity index is 1.63. The predicted molar refractivity (Wildman–Crippen MR) is 130 cm³/mol. The summed E-state index contributed by atoms with van der Waals surface area (Å²) in [6, 6.07) is 0. The van der Waals surface area contributed by atoms with Crippen LogP contribution in [-0.4, -0.2) is 30.3 Å². The van der Waals surface area contributed by atoms with Gasteiger partial charge < -0.3 is 14.2 Å². The van der Waals surface area contributed by atoms with Gasteiger partial charge in [0.15, 0.2) is 0 Å². The third-order valence-corrected chi connectivity index (χ3v) is 11.3. The maximum Gasteiger partial charge on any atom is 0.338 e. The summed E-state index contributed by atoms with van der Waals surface area (Å²) in [6.45, 7) is 14.7. The zero-order valence-corrected chi connectivity index (χ0v) is 22.5. The number of ether oxygens (including phenoxy) is 3. The monoisotopic (exact) mass is 486 g/mol. The van der Waals surface area contributed by atoms with Crippen molar-refractivity contribution in [3.63, 3.8) is 0 Å². The van der Waals surface area contributed by atoms with Gasteiger partial charge in [-0.3, -0.25) is 9.59 Å². The van der Waals surface area contributed by atoms with Crippen molar-refractivity contribution >= 4 is 17.9 Å². The number of esters is 3. The third-order valence-electron chi connectivity index (χ3n) is 11.3. The summed E-state index contributed by atoms with van der Waals surface area (Å²) in [5.74, 6) is 0.0458. The first-order valence-corrected chi connectivity index (χ1v) is 13.5. The van der Waals surface area contributed by atoms with E-state index in [1.807, 2.05) is 0 Å². The minimum atomic E-state index is -0.955. The second kappa shape index (κ2) is 7.82. The molecule has 5 aliphatic rings. The Morgan fingerprint density at radius 1 is 0.857 bits per heavy atom. The first-order chi connectivity index (χ1) is 16.2. The van der Waals surface area contributed by atoms with Crippen LogP contribution in [0.15, 0.2) is 11.1 Å². The minimum absolute atomic E-state index is 0.0302. The van der Waals surface area contributed by atoms with Crippen LogP contribution in [0.25, 0.3) is 0 Å². The highest BCUT2D eigenvalue weighted by Crippen LogP contribution is 2.73. The van der Waals surface area contributed by atoms with Gasteiger partial charge in [0.1, 0.15) is 6.10 Å². The van der Waals surface area contributed by atoms with E-state index in [2.05, 4.69) is 34.6 Å². The van der Waals surface area contributed by atoms with Crippen molar-refractivity contribution in [3.8, 4) is 0 Å². The maximum absolute atomic E-state index is 13.3. The highest BCUT2D eigenvalue weighted by molar-refractivity contribution is 5.94. The molecule has 1 heterocycles. The lowest BCUT2D eigenvalue weighted by Crippen LogP contribution is -2.66. The Labute approximate surface area is 209 Å². The van der Waals surface area contributed by atoms with Gasteiger partial charge in [0.25, 0.3) is 6.29 Å². The summed E-state index contributed by atoms with van der Waals surface area (Å²) < 4.78 is 17.1. The van der Waals surface area contributed by atoms with E-state index in [1.54, 1.807) is 0 Å². The molecule has 0 saturated heterocycles. The number of cyclic esters (lactones) is 1. The van der Waals surface area contributed by atoms with Gasteiger partial charge in [-0.2, -0.15) is 0 Å². The average molecular weight is 487 g/mol. The van der Waals surface area contributed by atoms with Gasteiger partial charge in [0.05, 0.1) is 5.57 Å². The molecule has 3 saturated carbocycles. The Morgan fingerprint density at radius 2 is 1.51 bits per heavy atom. The van der Waals surface area contributed by atoms with Crippen LogP contribution in [0.4, 0.5) is 0 Å². The van der Waals surface area contributed by atoms with Crippen LogP contribution in [-0.2, 0) is 28.6 Å². The molecule has 194 valence electrons. The number of fused-ring (bicyclic) bond motifs is 6. The van der Waals surface area contributed by atoms with Crippen LogP contribution < -0.4 is 0 Å². The quantitative estimate of drug-likeness (QED) is 0.464. The zero-order valence-electron chi connectivity index (χ0n) is 22.5. The summed E-state index contributed by atoms with van der Waals surface area (Å²) in [5.41, 5.74) is 1.22. The van der Waals surface area contributed by atoms with Crippen LogP contribution >= 0.6 is 0 Å². The fourth-order valence-electron chi connectivity index (χ4n) is 10.2. The Hall–Kier alpha value is -1.85. The normalized spacial score (nSPS) is 45.9. The highest BCUT2D eigenvalue weighted by Gasteiger charge is 2.70. The molecular weight excluding hydrogens is 444 g/mol. The van der Waals surface area contributed by atoms with Gasteiger partial charge in [-0.25, -0.2) is 4.79 Å². The SMILES string of the molecule is CC(=O)O[C@H]1OC(=O)C2=C1CC[C@H]1[C@]3(C)CC[C@H]4C(C)(C)CCC[C@]4(C)[C@H]3C[C@@H](OC(C)=O)[C@]21C. The lowest BCUT2D eigenvalue weighted by molar-refractivity contribution is -0.225. The van der Waals surface area contributed by atoms with Gasteiger partial charge in [0.2, 0.25) is 0 Å². The van der Waals surface area contributed by atoms with E-state index in [4.69, 9.17) is 14.2 Å². The Bertz CT molecular complexity index is 995. The smallest absolute Gasteiger partial charge is 0.338 e. The summed E-state index contributed by atoms with van der Waals surface area (Å²) in [7, 11) is 0. The lowest BCUT2D eigenvalue weighted by atomic mass is 9.35. The van der Waals surface area contributed by atoms with Gasteiger partial charge in [0, 0.05) is 24.8 Å². The van der Waals surface area contributed by atoms with E-state index in [9.17, 15) is 14.4 Å². The lowest BCUT2D eigenvalue weighted by Gasteiger charge is -2.70. The van der Waals surface area contributed by atoms with Crippen molar-refractivity contribution in [1.29, 1.82) is 0 Å². The fraction of sp³-hybridized carbons (Fsp3) is 0.828. The van der Waals surface area contributed by atoms with E-state index >= 15 is 0 Å². The zero-order chi connectivity index (χ0) is 25.6. The molecule has 1 aliphatic heterocycles. The van der Waals surface area contributed by atoms with Crippen LogP contribution in [0, 0.1) is 39.4 Å². The van der Waals surface area contributed by atoms with E-state index in [-0.39, 0.29) is 22.7 Å². The molecule has 0 bridgehead atoms. The molecule has 6 nitrogen and oxygen atoms in total. The summed E-state index contributed by atoms with van der Waals surface area (Å²) >= 11 is 0. The molecular formula is C29H42O6. The number of carbonyl (C=O) groups excluding carboxylic acids is 3. The molecule has 8 atom stereocenters. The van der Waals surface area contributed by atoms with Crippen molar-refractivity contribution in [1.82, 2.24) is 0 Å². The molecule has 4 aliphatic carbocycles. The third kappa shape index (κ3) is 3.37. The molecule has 35 heavy (non-hydrogen) atoms. The molecule has 5 rings (SSSR count). The van der Waals surface area contributed by atoms with Crippen LogP contribution in [0.3, 0.4) is 0 Å². The van der Waals surface area contributed by atoms with E-state index in [0.717, 1.165) is 24.8 Å². The van der Waals surface area contributed by atoms with Crippen molar-refractivity contribution in [2.75, 3.05) is 0 Å². The second-order valence-electron chi connectivity index (χ2n) is 13.5. The molecule has 0 radical (unpaired) electrons. The fourth-order valence-corrected chi connectivity index (χ4v) is 10.2. The van der Waals surface area contributed by atoms with Crippen molar-refractivity contribution in [3.05, 3.63) is 11.1 Å². The van der Waals surface area contributed by atoms with Gasteiger partial charge in [-0.1, -0.05) is 41.0 Å². The molecule has 0 spiro atoms. The van der Waals surface area contributed by atoms with Crippen LogP contribution in [0.5, 0.6) is 0 Å². The van der Waals surface area contributed by atoms with Crippen LogP contribution in [0.1, 0.15) is 99.8 Å². The van der Waals surface area contributed by atoms with Gasteiger partial charge in [-0.15, -0.1) is 0 Å². The highest BCUT2D eigenvalue weighted by atomic mass is 16.7. The van der Waals surface area contributed by atoms with Crippen molar-refractivity contribution in [2.45, 2.75) is 112 Å². The molecule has 0 amide bonds. The van der Waals surface area contributed by atoms with E-state index < -0.39 is 29.7 Å². The number of hydrogen-bond donors (Lipinski definition) is 0. The van der Waals surface area contributed by atoms with Crippen LogP contribution in [0.2, 0.25) is 0 Å². The molecule has 0 aromatic rings. The first-order valence-electron chi connectivity index (χ1n) is 13.5. The van der Waals surface area contributed by atoms with E-state index in [1.165, 1.54) is 39.5 Å². The van der Waals surface area contributed by atoms with E-state index in [0.29, 0.717) is 29.2 Å². The standard InChI is InChI=1S/C29H42O6/c1-16(30)33-22-15-21-27(5)13-8-12-26(3,4)19(27)11-14-28(21,6)20-10-9-18-23(29(20,22)7)24(32)35-25(18)34-17(2)31/h19-22,25H,8-15H2,1-7H3/t19-,20-,21+,22+,25-,27-,28-,29+/m0/s1. The number of carbonyl (C=O) groups is 3. The van der Waals surface area contributed by atoms with Crippen molar-refractivity contribution in [2.24, 2.45) is 39.4 Å². The Kier molecular flexibility index (Phi) is 5.55. The molecule has 0 aromatic carbocycles. The van der Waals surface area contributed by atoms with Gasteiger partial charge in [-0.05, 0) is 78.9 Å². The number of hydrogen-bond acceptors (Lipinski definition) is 6. The summed E-state index contributed by atoms with van der Waals surface area (Å²) in [4.78, 5) is 37.4. The minimum Gasteiger partial charge on any atom is -0.462 e. The summed E-state index contributed by atoms with van der Waals surface area (Å²) in [5, 5.41) is 0. The van der Waals surface area contributed by atoms with Crippen molar-refractivity contribution < 1.29 is 28.6 Å². The molecule has 0 N–H and O–H groups in total. The maximum atomic E-state index is 13.3. The first kappa shape index (κ1) is 24.8. The second-order valence-corrected chi connectivity index (χ2v) is 13.5. The molecule has 6 heteroatoms. The largest absolute Gasteiger partial charge is 0.462 e. The molecule has 0 aromatic heterocycles. The molecule has 3 fully saturated rings. The van der Waals surface area contributed by atoms with Gasteiger partial charge >= 0.3 is 17.9 Å². The predicted octanol–water partition coefficient (Wildman–Crippen LogP) is 5.73. The topological polar surface area (TPSA) is 78.9 Å².